The highest BCUT2D eigenvalue weighted by atomic mass is 16.4. The minimum absolute atomic E-state index is 0.101. The first-order valence-corrected chi connectivity index (χ1v) is 8.93. The fourth-order valence-electron chi connectivity index (χ4n) is 3.89. The maximum Gasteiger partial charge on any atom is 0.326 e. The molecule has 7 heteroatoms. The van der Waals surface area contributed by atoms with E-state index in [4.69, 9.17) is 4.42 Å². The SMILES string of the molecule is O=C(O)C1Cc2ccccc2CN1C(=O)C1CC(=O)N(Cc2ccco2)C1. The predicted molar refractivity (Wildman–Crippen MR) is 94.4 cm³/mol. The molecule has 2 unspecified atom stereocenters. The quantitative estimate of drug-likeness (QED) is 0.886. The van der Waals surface area contributed by atoms with Crippen molar-refractivity contribution in [3.05, 3.63) is 59.5 Å². The van der Waals surface area contributed by atoms with Crippen molar-refractivity contribution in [1.29, 1.82) is 0 Å². The maximum absolute atomic E-state index is 13.1. The Morgan fingerprint density at radius 1 is 1.11 bits per heavy atom. The highest BCUT2D eigenvalue weighted by molar-refractivity contribution is 5.91. The van der Waals surface area contributed by atoms with Gasteiger partial charge in [0.05, 0.1) is 18.7 Å². The number of likely N-dealkylation sites (tertiary alicyclic amines) is 1. The molecule has 27 heavy (non-hydrogen) atoms. The van der Waals surface area contributed by atoms with E-state index in [1.165, 1.54) is 4.90 Å². The summed E-state index contributed by atoms with van der Waals surface area (Å²) >= 11 is 0. The van der Waals surface area contributed by atoms with E-state index in [-0.39, 0.29) is 37.7 Å². The summed E-state index contributed by atoms with van der Waals surface area (Å²) in [5, 5.41) is 9.62. The summed E-state index contributed by atoms with van der Waals surface area (Å²) < 4.78 is 5.28. The van der Waals surface area contributed by atoms with Gasteiger partial charge in [0.1, 0.15) is 11.8 Å². The van der Waals surface area contributed by atoms with E-state index in [1.807, 2.05) is 24.3 Å². The second-order valence-electron chi connectivity index (χ2n) is 7.05. The molecule has 2 aromatic rings. The number of rotatable bonds is 4. The monoisotopic (exact) mass is 368 g/mol. The molecule has 1 N–H and O–H groups in total. The third kappa shape index (κ3) is 3.32. The highest BCUT2D eigenvalue weighted by Gasteiger charge is 2.41. The van der Waals surface area contributed by atoms with Crippen LogP contribution in [0.5, 0.6) is 0 Å². The average Bonchev–Trinajstić information content (AvgIpc) is 3.30. The van der Waals surface area contributed by atoms with Crippen LogP contribution in [0.15, 0.2) is 47.1 Å². The summed E-state index contributed by atoms with van der Waals surface area (Å²) in [5.41, 5.74) is 1.91. The third-order valence-electron chi connectivity index (χ3n) is 5.31. The minimum Gasteiger partial charge on any atom is -0.480 e. The van der Waals surface area contributed by atoms with Crippen molar-refractivity contribution < 1.29 is 23.9 Å². The Morgan fingerprint density at radius 3 is 2.59 bits per heavy atom. The van der Waals surface area contributed by atoms with E-state index < -0.39 is 17.9 Å². The lowest BCUT2D eigenvalue weighted by Crippen LogP contribution is -2.51. The standard InChI is InChI=1S/C20H20N2O5/c23-18-9-15(10-21(18)12-16-6-3-7-27-16)19(24)22-11-14-5-2-1-4-13(14)8-17(22)20(25)26/h1-7,15,17H,8-12H2,(H,25,26). The molecule has 0 spiro atoms. The van der Waals surface area contributed by atoms with E-state index >= 15 is 0 Å². The zero-order valence-corrected chi connectivity index (χ0v) is 14.7. The number of aliphatic carboxylic acids is 1. The molecule has 1 saturated heterocycles. The molecule has 3 heterocycles. The van der Waals surface area contributed by atoms with Crippen molar-refractivity contribution in [3.63, 3.8) is 0 Å². The van der Waals surface area contributed by atoms with Gasteiger partial charge in [-0.25, -0.2) is 4.79 Å². The Hall–Kier alpha value is -3.09. The predicted octanol–water partition coefficient (Wildman–Crippen LogP) is 1.67. The number of nitrogens with zero attached hydrogens (tertiary/aromatic N) is 2. The molecule has 2 atom stereocenters. The number of furan rings is 1. The maximum atomic E-state index is 13.1. The van der Waals surface area contributed by atoms with Crippen molar-refractivity contribution >= 4 is 17.8 Å². The van der Waals surface area contributed by atoms with E-state index in [1.54, 1.807) is 23.3 Å². The number of hydrogen-bond donors (Lipinski definition) is 1. The first kappa shape index (κ1) is 17.3. The Labute approximate surface area is 156 Å². The van der Waals surface area contributed by atoms with Gasteiger partial charge in [-0.15, -0.1) is 0 Å². The number of fused-ring (bicyclic) bond motifs is 1. The molecule has 1 aromatic carbocycles. The Morgan fingerprint density at radius 2 is 1.89 bits per heavy atom. The van der Waals surface area contributed by atoms with E-state index in [0.29, 0.717) is 12.3 Å². The summed E-state index contributed by atoms with van der Waals surface area (Å²) in [6, 6.07) is 10.2. The van der Waals surface area contributed by atoms with Crippen LogP contribution in [0.1, 0.15) is 23.3 Å². The van der Waals surface area contributed by atoms with Gasteiger partial charge >= 0.3 is 5.97 Å². The Kier molecular flexibility index (Phi) is 4.43. The van der Waals surface area contributed by atoms with Crippen LogP contribution in [0, 0.1) is 5.92 Å². The van der Waals surface area contributed by atoms with Crippen LogP contribution in [0.3, 0.4) is 0 Å². The van der Waals surface area contributed by atoms with Crippen LogP contribution in [0.25, 0.3) is 0 Å². The van der Waals surface area contributed by atoms with Gasteiger partial charge in [-0.2, -0.15) is 0 Å². The molecule has 0 aliphatic carbocycles. The second-order valence-corrected chi connectivity index (χ2v) is 7.05. The third-order valence-corrected chi connectivity index (χ3v) is 5.31. The molecule has 140 valence electrons. The second kappa shape index (κ2) is 6.90. The van der Waals surface area contributed by atoms with E-state index in [0.717, 1.165) is 11.1 Å². The molecule has 1 aromatic heterocycles. The summed E-state index contributed by atoms with van der Waals surface area (Å²) in [5.74, 6) is -1.28. The summed E-state index contributed by atoms with van der Waals surface area (Å²) in [7, 11) is 0. The summed E-state index contributed by atoms with van der Waals surface area (Å²) in [6.45, 7) is 0.860. The molecule has 4 rings (SSSR count). The zero-order valence-electron chi connectivity index (χ0n) is 14.7. The largest absolute Gasteiger partial charge is 0.480 e. The molecule has 1 fully saturated rings. The van der Waals surface area contributed by atoms with Gasteiger partial charge in [-0.3, -0.25) is 9.59 Å². The number of carbonyl (C=O) groups excluding carboxylic acids is 2. The lowest BCUT2D eigenvalue weighted by atomic mass is 9.92. The van der Waals surface area contributed by atoms with Gasteiger partial charge < -0.3 is 19.3 Å². The fraction of sp³-hybridized carbons (Fsp3) is 0.350. The summed E-state index contributed by atoms with van der Waals surface area (Å²) in [6.07, 6.45) is 1.93. The number of hydrogen-bond acceptors (Lipinski definition) is 4. The van der Waals surface area contributed by atoms with Crippen LogP contribution in [0.2, 0.25) is 0 Å². The number of carbonyl (C=O) groups is 3. The van der Waals surface area contributed by atoms with Crippen molar-refractivity contribution in [2.45, 2.75) is 32.0 Å². The molecule has 7 nitrogen and oxygen atoms in total. The van der Waals surface area contributed by atoms with Crippen molar-refractivity contribution in [1.82, 2.24) is 9.80 Å². The van der Waals surface area contributed by atoms with E-state index in [9.17, 15) is 19.5 Å². The number of amides is 2. The van der Waals surface area contributed by atoms with Gasteiger partial charge in [0.15, 0.2) is 0 Å². The lowest BCUT2D eigenvalue weighted by Gasteiger charge is -2.35. The molecule has 2 aliphatic rings. The minimum atomic E-state index is -1.02. The van der Waals surface area contributed by atoms with Gasteiger partial charge in [-0.1, -0.05) is 24.3 Å². The van der Waals surface area contributed by atoms with Gasteiger partial charge in [0, 0.05) is 25.9 Å². The molecule has 0 radical (unpaired) electrons. The Balaban J connectivity index is 1.51. The van der Waals surface area contributed by atoms with Gasteiger partial charge in [0.2, 0.25) is 11.8 Å². The molecular formula is C20H20N2O5. The van der Waals surface area contributed by atoms with E-state index in [2.05, 4.69) is 0 Å². The fourth-order valence-corrected chi connectivity index (χ4v) is 3.89. The number of carboxylic acid groups (broad SMARTS) is 1. The van der Waals surface area contributed by atoms with Crippen molar-refractivity contribution in [2.24, 2.45) is 5.92 Å². The van der Waals surface area contributed by atoms with Crippen molar-refractivity contribution in [3.8, 4) is 0 Å². The van der Waals surface area contributed by atoms with Gasteiger partial charge in [-0.05, 0) is 23.3 Å². The van der Waals surface area contributed by atoms with Crippen molar-refractivity contribution in [2.75, 3.05) is 6.54 Å². The number of benzene rings is 1. The molecular weight excluding hydrogens is 348 g/mol. The van der Waals surface area contributed by atoms with Crippen LogP contribution in [0.4, 0.5) is 0 Å². The smallest absolute Gasteiger partial charge is 0.326 e. The first-order valence-electron chi connectivity index (χ1n) is 8.93. The van der Waals surface area contributed by atoms with Crippen LogP contribution in [-0.2, 0) is 33.9 Å². The van der Waals surface area contributed by atoms with Crippen LogP contribution < -0.4 is 0 Å². The van der Waals surface area contributed by atoms with Gasteiger partial charge in [0.25, 0.3) is 0 Å². The zero-order chi connectivity index (χ0) is 19.0. The normalized spacial score (nSPS) is 22.0. The topological polar surface area (TPSA) is 91.1 Å². The summed E-state index contributed by atoms with van der Waals surface area (Å²) in [4.78, 5) is 40.1. The first-order chi connectivity index (χ1) is 13.0. The molecule has 0 saturated carbocycles. The Bertz CT molecular complexity index is 876. The van der Waals surface area contributed by atoms with Crippen LogP contribution >= 0.6 is 0 Å². The molecule has 2 amide bonds. The number of carboxylic acids is 1. The lowest BCUT2D eigenvalue weighted by molar-refractivity contribution is -0.153. The molecule has 2 aliphatic heterocycles. The highest BCUT2D eigenvalue weighted by Crippen LogP contribution is 2.28. The average molecular weight is 368 g/mol. The van der Waals surface area contributed by atoms with Crippen LogP contribution in [-0.4, -0.2) is 45.3 Å². The molecule has 0 bridgehead atoms.